The lowest BCUT2D eigenvalue weighted by Gasteiger charge is -2.44. The van der Waals surface area contributed by atoms with Crippen molar-refractivity contribution in [3.05, 3.63) is 34.8 Å². The standard InChI is InChI=1S/C24H39N5O/c1-17-14-20(23-25-12-10-18(2)28(23)3)24(26-15-17)29-13-11-21(22(16-29)30-4)27-19-8-6-5-7-9-19/h10,12,14,19,21-23,26-27H,5-9,11,13,15-16H2,1-4H3. The Hall–Kier alpha value is -1.79. The summed E-state index contributed by atoms with van der Waals surface area (Å²) in [6.45, 7) is 7.18. The molecule has 3 heterocycles. The third kappa shape index (κ3) is 4.59. The number of rotatable bonds is 5. The first-order valence-corrected chi connectivity index (χ1v) is 11.7. The number of nitrogens with zero attached hydrogens (tertiary/aromatic N) is 3. The van der Waals surface area contributed by atoms with Gasteiger partial charge >= 0.3 is 0 Å². The van der Waals surface area contributed by atoms with Crippen molar-refractivity contribution in [1.82, 2.24) is 20.4 Å². The van der Waals surface area contributed by atoms with E-state index in [1.807, 2.05) is 13.3 Å². The number of hydrogen-bond donors (Lipinski definition) is 2. The second-order valence-corrected chi connectivity index (χ2v) is 9.36. The molecule has 1 saturated carbocycles. The molecule has 4 rings (SSSR count). The molecular weight excluding hydrogens is 374 g/mol. The number of likely N-dealkylation sites (N-methyl/N-ethyl adjacent to an activating group) is 1. The van der Waals surface area contributed by atoms with E-state index in [0.29, 0.717) is 12.1 Å². The highest BCUT2D eigenvalue weighted by Gasteiger charge is 2.34. The molecule has 1 aliphatic carbocycles. The molecule has 166 valence electrons. The Morgan fingerprint density at radius 1 is 1.17 bits per heavy atom. The number of aliphatic imine (C=N–C) groups is 1. The molecule has 2 N–H and O–H groups in total. The fraction of sp³-hybridized carbons (Fsp3) is 0.708. The minimum atomic E-state index is 0.0202. The molecule has 0 radical (unpaired) electrons. The highest BCUT2D eigenvalue weighted by atomic mass is 16.5. The van der Waals surface area contributed by atoms with Crippen molar-refractivity contribution in [1.29, 1.82) is 0 Å². The summed E-state index contributed by atoms with van der Waals surface area (Å²) < 4.78 is 5.99. The van der Waals surface area contributed by atoms with Crippen LogP contribution in [0, 0.1) is 0 Å². The maximum Gasteiger partial charge on any atom is 0.150 e. The summed E-state index contributed by atoms with van der Waals surface area (Å²) in [6, 6.07) is 1.11. The molecule has 0 aromatic heterocycles. The largest absolute Gasteiger partial charge is 0.378 e. The van der Waals surface area contributed by atoms with Crippen LogP contribution in [-0.4, -0.2) is 74.2 Å². The van der Waals surface area contributed by atoms with E-state index in [9.17, 15) is 0 Å². The van der Waals surface area contributed by atoms with Gasteiger partial charge in [0.1, 0.15) is 12.0 Å². The lowest BCUT2D eigenvalue weighted by Crippen LogP contribution is -2.57. The molecule has 2 fully saturated rings. The predicted octanol–water partition coefficient (Wildman–Crippen LogP) is 3.01. The first-order chi connectivity index (χ1) is 14.6. The molecule has 3 atom stereocenters. The van der Waals surface area contributed by atoms with Crippen molar-refractivity contribution in [2.24, 2.45) is 4.99 Å². The molecule has 0 aromatic carbocycles. The number of ether oxygens (including phenoxy) is 1. The summed E-state index contributed by atoms with van der Waals surface area (Å²) in [5.41, 5.74) is 3.85. The fourth-order valence-electron chi connectivity index (χ4n) is 5.25. The normalized spacial score (nSPS) is 30.9. The first-order valence-electron chi connectivity index (χ1n) is 11.7. The van der Waals surface area contributed by atoms with E-state index >= 15 is 0 Å². The van der Waals surface area contributed by atoms with Gasteiger partial charge in [0.15, 0.2) is 0 Å². The van der Waals surface area contributed by atoms with Crippen LogP contribution in [-0.2, 0) is 4.74 Å². The molecule has 6 heteroatoms. The van der Waals surface area contributed by atoms with Crippen LogP contribution in [0.1, 0.15) is 52.4 Å². The summed E-state index contributed by atoms with van der Waals surface area (Å²) in [6.07, 6.45) is 14.4. The van der Waals surface area contributed by atoms with E-state index in [-0.39, 0.29) is 12.3 Å². The molecule has 3 aliphatic heterocycles. The van der Waals surface area contributed by atoms with Crippen LogP contribution in [0.4, 0.5) is 0 Å². The average molecular weight is 414 g/mol. The molecular formula is C24H39N5O. The van der Waals surface area contributed by atoms with E-state index in [2.05, 4.69) is 53.5 Å². The van der Waals surface area contributed by atoms with E-state index in [0.717, 1.165) is 26.1 Å². The van der Waals surface area contributed by atoms with Crippen molar-refractivity contribution in [3.8, 4) is 0 Å². The monoisotopic (exact) mass is 413 g/mol. The van der Waals surface area contributed by atoms with E-state index in [1.165, 1.54) is 54.8 Å². The summed E-state index contributed by atoms with van der Waals surface area (Å²) >= 11 is 0. The van der Waals surface area contributed by atoms with Gasteiger partial charge in [0, 0.05) is 63.4 Å². The smallest absolute Gasteiger partial charge is 0.150 e. The maximum atomic E-state index is 5.99. The van der Waals surface area contributed by atoms with Crippen LogP contribution in [0.2, 0.25) is 0 Å². The summed E-state index contributed by atoms with van der Waals surface area (Å²) in [7, 11) is 4.00. The zero-order chi connectivity index (χ0) is 21.1. The third-order valence-corrected chi connectivity index (χ3v) is 7.19. The van der Waals surface area contributed by atoms with E-state index in [4.69, 9.17) is 9.73 Å². The van der Waals surface area contributed by atoms with E-state index < -0.39 is 0 Å². The Balaban J connectivity index is 1.51. The summed E-state index contributed by atoms with van der Waals surface area (Å²) in [5, 5.41) is 7.64. The number of piperidine rings is 1. The van der Waals surface area contributed by atoms with E-state index in [1.54, 1.807) is 0 Å². The van der Waals surface area contributed by atoms with Crippen molar-refractivity contribution in [2.45, 2.75) is 76.7 Å². The second kappa shape index (κ2) is 9.56. The molecule has 30 heavy (non-hydrogen) atoms. The van der Waals surface area contributed by atoms with Crippen molar-refractivity contribution in [2.75, 3.05) is 33.8 Å². The van der Waals surface area contributed by atoms with Crippen molar-refractivity contribution >= 4 is 6.21 Å². The summed E-state index contributed by atoms with van der Waals surface area (Å²) in [4.78, 5) is 9.56. The van der Waals surface area contributed by atoms with Gasteiger partial charge in [-0.15, -0.1) is 0 Å². The number of allylic oxidation sites excluding steroid dienone is 2. The van der Waals surface area contributed by atoms with Crippen LogP contribution in [0.5, 0.6) is 0 Å². The molecule has 0 aromatic rings. The highest BCUT2D eigenvalue weighted by molar-refractivity contribution is 5.73. The zero-order valence-corrected chi connectivity index (χ0v) is 19.2. The number of methoxy groups -OCH3 is 1. The number of hydrogen-bond acceptors (Lipinski definition) is 6. The van der Waals surface area contributed by atoms with Gasteiger partial charge in [-0.05, 0) is 39.2 Å². The lowest BCUT2D eigenvalue weighted by atomic mass is 9.92. The van der Waals surface area contributed by atoms with Gasteiger partial charge in [0.05, 0.1) is 6.10 Å². The maximum absolute atomic E-state index is 5.99. The van der Waals surface area contributed by atoms with Gasteiger partial charge in [-0.25, -0.2) is 0 Å². The molecule has 6 nitrogen and oxygen atoms in total. The lowest BCUT2D eigenvalue weighted by molar-refractivity contribution is 0.00887. The quantitative estimate of drug-likeness (QED) is 0.726. The minimum absolute atomic E-state index is 0.0202. The highest BCUT2D eigenvalue weighted by Crippen LogP contribution is 2.29. The average Bonchev–Trinajstić information content (AvgIpc) is 2.77. The molecule has 4 aliphatic rings. The molecule has 1 saturated heterocycles. The van der Waals surface area contributed by atoms with Gasteiger partial charge in [-0.2, -0.15) is 0 Å². The predicted molar refractivity (Wildman–Crippen MR) is 123 cm³/mol. The van der Waals surface area contributed by atoms with Gasteiger partial charge < -0.3 is 25.2 Å². The van der Waals surface area contributed by atoms with Gasteiger partial charge in [0.25, 0.3) is 0 Å². The summed E-state index contributed by atoms with van der Waals surface area (Å²) in [5.74, 6) is 1.22. The SMILES string of the molecule is COC1CN(C2=C(C3N=CC=C(C)N3C)C=C(C)CN2)CCC1NC1CCCCC1. The Bertz CT molecular complexity index is 734. The Labute approximate surface area is 182 Å². The van der Waals surface area contributed by atoms with Crippen LogP contribution >= 0.6 is 0 Å². The Kier molecular flexibility index (Phi) is 6.84. The van der Waals surface area contributed by atoms with Crippen molar-refractivity contribution in [3.63, 3.8) is 0 Å². The van der Waals surface area contributed by atoms with Gasteiger partial charge in [-0.1, -0.05) is 30.9 Å². The Morgan fingerprint density at radius 3 is 2.73 bits per heavy atom. The number of likely N-dealkylation sites (tertiary alicyclic amines) is 1. The number of dihydropyridines is 1. The Morgan fingerprint density at radius 2 is 1.97 bits per heavy atom. The van der Waals surface area contributed by atoms with Crippen LogP contribution < -0.4 is 10.6 Å². The molecule has 3 unspecified atom stereocenters. The van der Waals surface area contributed by atoms with Crippen LogP contribution in [0.15, 0.2) is 39.8 Å². The topological polar surface area (TPSA) is 52.1 Å². The minimum Gasteiger partial charge on any atom is -0.378 e. The van der Waals surface area contributed by atoms with Crippen molar-refractivity contribution < 1.29 is 4.74 Å². The molecule has 0 amide bonds. The van der Waals surface area contributed by atoms with Crippen LogP contribution in [0.3, 0.4) is 0 Å². The second-order valence-electron chi connectivity index (χ2n) is 9.36. The zero-order valence-electron chi connectivity index (χ0n) is 19.2. The third-order valence-electron chi connectivity index (χ3n) is 7.19. The first kappa shape index (κ1) is 21.4. The van der Waals surface area contributed by atoms with Gasteiger partial charge in [-0.3, -0.25) is 4.99 Å². The molecule has 0 bridgehead atoms. The fourth-order valence-corrected chi connectivity index (χ4v) is 5.25. The van der Waals surface area contributed by atoms with Gasteiger partial charge in [0.2, 0.25) is 0 Å². The molecule has 0 spiro atoms. The number of nitrogens with one attached hydrogen (secondary N) is 2. The van der Waals surface area contributed by atoms with Crippen LogP contribution in [0.25, 0.3) is 0 Å².